The lowest BCUT2D eigenvalue weighted by Gasteiger charge is -2.35. The van der Waals surface area contributed by atoms with Gasteiger partial charge in [0.2, 0.25) is 5.91 Å². The highest BCUT2D eigenvalue weighted by Crippen LogP contribution is 2.37. The topological polar surface area (TPSA) is 72.2 Å². The lowest BCUT2D eigenvalue weighted by atomic mass is 9.80. The van der Waals surface area contributed by atoms with Gasteiger partial charge in [0.05, 0.1) is 11.4 Å². The lowest BCUT2D eigenvalue weighted by molar-refractivity contribution is -0.138. The molecule has 1 aromatic carbocycles. The average molecular weight is 514 g/mol. The molecule has 6 rings (SSSR count). The number of piperidine rings is 1. The number of benzene rings is 1. The molecule has 2 atom stereocenters. The zero-order chi connectivity index (χ0) is 26.2. The summed E-state index contributed by atoms with van der Waals surface area (Å²) in [6, 6.07) is 12.8. The third-order valence-corrected chi connectivity index (χ3v) is 7.98. The highest BCUT2D eigenvalue weighted by atomic mass is 19.1. The molecule has 0 radical (unpaired) electrons. The number of halogens is 1. The molecule has 38 heavy (non-hydrogen) atoms. The number of rotatable bonds is 7. The number of aromatic nitrogens is 3. The molecular weight excluding hydrogens is 481 g/mol. The predicted molar refractivity (Wildman–Crippen MR) is 144 cm³/mol. The van der Waals surface area contributed by atoms with Crippen molar-refractivity contribution in [1.29, 1.82) is 0 Å². The number of carbonyl (C=O) groups excluding carboxylic acids is 1. The number of pyridine rings is 2. The number of hydrogen-bond acceptors (Lipinski definition) is 4. The number of amides is 1. The van der Waals surface area contributed by atoms with E-state index in [0.29, 0.717) is 25.0 Å². The van der Waals surface area contributed by atoms with E-state index in [1.165, 1.54) is 6.07 Å². The van der Waals surface area contributed by atoms with Crippen LogP contribution in [-0.2, 0) is 24.9 Å². The number of nitrogens with one attached hydrogen (secondary N) is 1. The lowest BCUT2D eigenvalue weighted by Crippen LogP contribution is -2.47. The van der Waals surface area contributed by atoms with Gasteiger partial charge in [-0.15, -0.1) is 0 Å². The molecular formula is C30H32FN5O2. The van der Waals surface area contributed by atoms with Crippen molar-refractivity contribution in [2.75, 3.05) is 13.1 Å². The minimum absolute atomic E-state index is 0.0254. The molecule has 2 fully saturated rings. The second kappa shape index (κ2) is 10.2. The summed E-state index contributed by atoms with van der Waals surface area (Å²) < 4.78 is 18.8. The zero-order valence-corrected chi connectivity index (χ0v) is 21.5. The van der Waals surface area contributed by atoms with Gasteiger partial charge in [-0.2, -0.15) is 0 Å². The van der Waals surface area contributed by atoms with E-state index in [-0.39, 0.29) is 35.2 Å². The Hall–Kier alpha value is -3.78. The molecule has 1 saturated heterocycles. The van der Waals surface area contributed by atoms with Crippen LogP contribution in [0.2, 0.25) is 0 Å². The molecule has 2 aliphatic rings. The van der Waals surface area contributed by atoms with Crippen molar-refractivity contribution in [1.82, 2.24) is 24.3 Å². The first kappa shape index (κ1) is 24.6. The Balaban J connectivity index is 1.33. The molecule has 1 aliphatic heterocycles. The van der Waals surface area contributed by atoms with E-state index in [4.69, 9.17) is 0 Å². The second-order valence-electron chi connectivity index (χ2n) is 10.6. The highest BCUT2D eigenvalue weighted by Gasteiger charge is 2.40. The van der Waals surface area contributed by atoms with E-state index in [1.54, 1.807) is 36.1 Å². The fraction of sp³-hybridized carbons (Fsp3) is 0.367. The van der Waals surface area contributed by atoms with E-state index in [0.717, 1.165) is 48.0 Å². The summed E-state index contributed by atoms with van der Waals surface area (Å²) in [5.74, 6) is -0.495. The second-order valence-corrected chi connectivity index (χ2v) is 10.6. The van der Waals surface area contributed by atoms with E-state index < -0.39 is 0 Å². The van der Waals surface area contributed by atoms with Crippen LogP contribution in [0.4, 0.5) is 4.39 Å². The van der Waals surface area contributed by atoms with Crippen molar-refractivity contribution in [3.63, 3.8) is 0 Å². The minimum atomic E-state index is -0.275. The maximum absolute atomic E-state index is 15.2. The van der Waals surface area contributed by atoms with Crippen LogP contribution in [0, 0.1) is 11.7 Å². The fourth-order valence-corrected chi connectivity index (χ4v) is 5.81. The van der Waals surface area contributed by atoms with Gasteiger partial charge < -0.3 is 19.4 Å². The van der Waals surface area contributed by atoms with Gasteiger partial charge in [0.1, 0.15) is 5.82 Å². The Morgan fingerprint density at radius 3 is 2.82 bits per heavy atom. The van der Waals surface area contributed by atoms with Gasteiger partial charge in [-0.25, -0.2) is 4.39 Å². The minimum Gasteiger partial charge on any atom is -0.343 e. The predicted octanol–water partition coefficient (Wildman–Crippen LogP) is 3.81. The number of fused-ring (bicyclic) bond motifs is 1. The highest BCUT2D eigenvalue weighted by molar-refractivity contribution is 5.86. The molecule has 1 amide bonds. The number of hydrogen-bond donors (Lipinski definition) is 1. The average Bonchev–Trinajstić information content (AvgIpc) is 3.72. The Bertz CT molecular complexity index is 1520. The third-order valence-electron chi connectivity index (χ3n) is 7.98. The summed E-state index contributed by atoms with van der Waals surface area (Å²) >= 11 is 0. The van der Waals surface area contributed by atoms with E-state index in [2.05, 4.69) is 10.3 Å². The molecule has 8 heteroatoms. The molecule has 7 nitrogen and oxygen atoms in total. The fourth-order valence-electron chi connectivity index (χ4n) is 5.81. The first-order valence-corrected chi connectivity index (χ1v) is 13.3. The molecule has 0 spiro atoms. The van der Waals surface area contributed by atoms with Crippen LogP contribution < -0.4 is 10.9 Å². The van der Waals surface area contributed by atoms with Crippen LogP contribution >= 0.6 is 0 Å². The van der Waals surface area contributed by atoms with Gasteiger partial charge in [0.15, 0.2) is 0 Å². The first-order chi connectivity index (χ1) is 18.5. The quantitative estimate of drug-likeness (QED) is 0.408. The molecule has 1 N–H and O–H groups in total. The number of nitrogens with zero attached hydrogens (tertiary/aromatic N) is 4. The van der Waals surface area contributed by atoms with Crippen molar-refractivity contribution in [3.8, 4) is 0 Å². The summed E-state index contributed by atoms with van der Waals surface area (Å²) in [7, 11) is 1.73. The Morgan fingerprint density at radius 2 is 2.05 bits per heavy atom. The summed E-state index contributed by atoms with van der Waals surface area (Å²) in [4.78, 5) is 32.7. The van der Waals surface area contributed by atoms with Crippen LogP contribution in [0.3, 0.4) is 0 Å². The van der Waals surface area contributed by atoms with Crippen molar-refractivity contribution in [3.05, 3.63) is 100 Å². The molecule has 1 saturated carbocycles. The molecule has 1 aliphatic carbocycles. The van der Waals surface area contributed by atoms with Gasteiger partial charge in [-0.05, 0) is 72.7 Å². The van der Waals surface area contributed by atoms with Crippen LogP contribution in [0.1, 0.15) is 41.9 Å². The normalized spacial score (nSPS) is 19.5. The largest absolute Gasteiger partial charge is 0.343 e. The standard InChI is InChI=1S/C30H32FN5O2/c1-34-13-10-21(14-28(34)37)24-9-12-33-16-25(24)30(38)36(23-7-8-23)19-22-18-35(17-20-4-3-11-32-15-20)27-6-2-5-26(31)29(22)27/h2-6,10-11,13-15,18,23-25,33H,7-9,12,16-17,19H2,1H3. The van der Waals surface area contributed by atoms with E-state index in [1.807, 2.05) is 46.1 Å². The smallest absolute Gasteiger partial charge is 0.250 e. The molecule has 196 valence electrons. The van der Waals surface area contributed by atoms with Crippen LogP contribution in [0.25, 0.3) is 10.9 Å². The molecule has 4 aromatic rings. The van der Waals surface area contributed by atoms with Crippen LogP contribution in [-0.4, -0.2) is 44.1 Å². The van der Waals surface area contributed by atoms with Crippen LogP contribution in [0.15, 0.2) is 72.0 Å². The molecule has 2 unspecified atom stereocenters. The number of aryl methyl sites for hydroxylation is 1. The van der Waals surface area contributed by atoms with Gasteiger partial charge in [-0.1, -0.05) is 12.1 Å². The maximum Gasteiger partial charge on any atom is 0.250 e. The number of carbonyl (C=O) groups is 1. The molecule has 0 bridgehead atoms. The summed E-state index contributed by atoms with van der Waals surface area (Å²) in [5, 5.41) is 3.96. The van der Waals surface area contributed by atoms with E-state index in [9.17, 15) is 9.59 Å². The molecule has 3 aromatic heterocycles. The summed E-state index contributed by atoms with van der Waals surface area (Å²) in [6.45, 7) is 2.31. The van der Waals surface area contributed by atoms with Crippen molar-refractivity contribution in [2.24, 2.45) is 13.0 Å². The van der Waals surface area contributed by atoms with Gasteiger partial charge in [-0.3, -0.25) is 14.6 Å². The summed E-state index contributed by atoms with van der Waals surface area (Å²) in [6.07, 6.45) is 10.0. The van der Waals surface area contributed by atoms with Crippen molar-refractivity contribution >= 4 is 16.8 Å². The van der Waals surface area contributed by atoms with E-state index >= 15 is 4.39 Å². The van der Waals surface area contributed by atoms with Crippen molar-refractivity contribution in [2.45, 2.75) is 44.3 Å². The first-order valence-electron chi connectivity index (χ1n) is 13.3. The van der Waals surface area contributed by atoms with Gasteiger partial charge in [0.25, 0.3) is 5.56 Å². The Labute approximate surface area is 220 Å². The van der Waals surface area contributed by atoms with Gasteiger partial charge in [0, 0.05) is 69.0 Å². The monoisotopic (exact) mass is 513 g/mol. The third kappa shape index (κ3) is 4.76. The zero-order valence-electron chi connectivity index (χ0n) is 21.5. The Morgan fingerprint density at radius 1 is 1.18 bits per heavy atom. The molecule has 4 heterocycles. The summed E-state index contributed by atoms with van der Waals surface area (Å²) in [5.41, 5.74) is 3.51. The van der Waals surface area contributed by atoms with Gasteiger partial charge >= 0.3 is 0 Å². The van der Waals surface area contributed by atoms with Crippen LogP contribution in [0.5, 0.6) is 0 Å². The maximum atomic E-state index is 15.2. The Kier molecular flexibility index (Phi) is 6.57. The van der Waals surface area contributed by atoms with Crippen molar-refractivity contribution < 1.29 is 9.18 Å². The SMILES string of the molecule is Cn1ccc(C2CCNCC2C(=O)N(Cc2cn(Cc3cccnc3)c3cccc(F)c23)C2CC2)cc1=O.